The molecule has 1 aromatic heterocycles. The van der Waals surface area contributed by atoms with Gasteiger partial charge in [-0.1, -0.05) is 13.0 Å². The molecule has 0 aliphatic carbocycles. The Balaban J connectivity index is 1.98. The van der Waals surface area contributed by atoms with E-state index < -0.39 is 5.82 Å². The molecule has 1 amide bonds. The minimum Gasteiger partial charge on any atom is -0.494 e. The lowest BCUT2D eigenvalue weighted by molar-refractivity contribution is -0.117. The van der Waals surface area contributed by atoms with E-state index in [1.807, 2.05) is 17.9 Å². The third-order valence-electron chi connectivity index (χ3n) is 3.48. The number of ether oxygens (including phenoxy) is 1. The molecule has 0 radical (unpaired) electrons. The highest BCUT2D eigenvalue weighted by Crippen LogP contribution is 2.22. The number of benzene rings is 1. The summed E-state index contributed by atoms with van der Waals surface area (Å²) in [6, 6.07) is 8.45. The van der Waals surface area contributed by atoms with Gasteiger partial charge in [-0.25, -0.2) is 4.39 Å². The molecule has 2 aromatic rings. The van der Waals surface area contributed by atoms with E-state index in [0.717, 1.165) is 5.56 Å². The van der Waals surface area contributed by atoms with E-state index in [4.69, 9.17) is 10.00 Å². The lowest BCUT2D eigenvalue weighted by Gasteiger charge is -2.20. The number of halogens is 1. The molecule has 0 atom stereocenters. The van der Waals surface area contributed by atoms with Crippen molar-refractivity contribution < 1.29 is 13.9 Å². The van der Waals surface area contributed by atoms with Gasteiger partial charge in [0.25, 0.3) is 0 Å². The maximum Gasteiger partial charge on any atom is 0.239 e. The summed E-state index contributed by atoms with van der Waals surface area (Å²) in [5.74, 6) is -0.432. The third kappa shape index (κ3) is 4.54. The summed E-state index contributed by atoms with van der Waals surface area (Å²) in [6.45, 7) is 3.17. The maximum absolute atomic E-state index is 13.8. The van der Waals surface area contributed by atoms with Crippen molar-refractivity contribution in [1.29, 1.82) is 5.26 Å². The van der Waals surface area contributed by atoms with Crippen molar-refractivity contribution in [2.75, 3.05) is 25.5 Å². The number of anilines is 1. The summed E-state index contributed by atoms with van der Waals surface area (Å²) in [5.41, 5.74) is 1.21. The first kappa shape index (κ1) is 17.9. The number of nitriles is 1. The first-order valence-corrected chi connectivity index (χ1v) is 8.27. The van der Waals surface area contributed by atoms with Crippen LogP contribution < -0.4 is 10.1 Å². The van der Waals surface area contributed by atoms with Gasteiger partial charge in [0.05, 0.1) is 19.2 Å². The van der Waals surface area contributed by atoms with Crippen LogP contribution in [0.25, 0.3) is 0 Å². The van der Waals surface area contributed by atoms with E-state index >= 15 is 0 Å². The highest BCUT2D eigenvalue weighted by Gasteiger charge is 2.13. The van der Waals surface area contributed by atoms with Gasteiger partial charge in [-0.05, 0) is 35.7 Å². The van der Waals surface area contributed by atoms with E-state index in [0.29, 0.717) is 23.7 Å². The van der Waals surface area contributed by atoms with Crippen LogP contribution in [-0.2, 0) is 11.3 Å². The van der Waals surface area contributed by atoms with Crippen molar-refractivity contribution in [3.8, 4) is 11.8 Å². The fourth-order valence-corrected chi connectivity index (χ4v) is 2.96. The number of hydrogen-bond acceptors (Lipinski definition) is 5. The first-order valence-electron chi connectivity index (χ1n) is 7.39. The maximum atomic E-state index is 13.8. The zero-order valence-corrected chi connectivity index (χ0v) is 14.3. The molecular weight excluding hydrogens is 329 g/mol. The highest BCUT2D eigenvalue weighted by molar-refractivity contribution is 7.14. The van der Waals surface area contributed by atoms with Gasteiger partial charge in [0, 0.05) is 6.54 Å². The highest BCUT2D eigenvalue weighted by atomic mass is 32.1. The fraction of sp³-hybridized carbons (Fsp3) is 0.294. The Morgan fingerprint density at radius 1 is 1.46 bits per heavy atom. The number of nitrogens with zero attached hydrogens (tertiary/aromatic N) is 2. The van der Waals surface area contributed by atoms with Crippen LogP contribution >= 0.6 is 11.3 Å². The summed E-state index contributed by atoms with van der Waals surface area (Å²) in [4.78, 5) is 14.0. The molecule has 0 aliphatic rings. The average Bonchev–Trinajstić information content (AvgIpc) is 3.01. The second kappa shape index (κ2) is 8.43. The smallest absolute Gasteiger partial charge is 0.239 e. The van der Waals surface area contributed by atoms with Crippen LogP contribution in [0.4, 0.5) is 9.39 Å². The Labute approximate surface area is 144 Å². The van der Waals surface area contributed by atoms with Crippen LogP contribution in [0.5, 0.6) is 5.75 Å². The Hall–Kier alpha value is -2.43. The molecule has 2 rings (SSSR count). The zero-order valence-electron chi connectivity index (χ0n) is 13.5. The largest absolute Gasteiger partial charge is 0.494 e. The number of methoxy groups -OCH3 is 1. The van der Waals surface area contributed by atoms with Crippen molar-refractivity contribution in [2.24, 2.45) is 0 Å². The van der Waals surface area contributed by atoms with Crippen molar-refractivity contribution in [3.63, 3.8) is 0 Å². The van der Waals surface area contributed by atoms with Gasteiger partial charge < -0.3 is 10.1 Å². The van der Waals surface area contributed by atoms with Crippen molar-refractivity contribution >= 4 is 22.2 Å². The molecule has 0 fully saturated rings. The summed E-state index contributed by atoms with van der Waals surface area (Å²) in [5, 5.41) is 14.0. The van der Waals surface area contributed by atoms with E-state index in [9.17, 15) is 9.18 Å². The molecule has 0 saturated heterocycles. The van der Waals surface area contributed by atoms with Gasteiger partial charge >= 0.3 is 0 Å². The molecule has 7 heteroatoms. The van der Waals surface area contributed by atoms with E-state index in [1.165, 1.54) is 24.5 Å². The van der Waals surface area contributed by atoms with Crippen molar-refractivity contribution in [2.45, 2.75) is 13.5 Å². The Morgan fingerprint density at radius 3 is 2.88 bits per heavy atom. The summed E-state index contributed by atoms with van der Waals surface area (Å²) in [6.07, 6.45) is 0. The van der Waals surface area contributed by atoms with Gasteiger partial charge in [0.1, 0.15) is 11.1 Å². The van der Waals surface area contributed by atoms with Crippen LogP contribution in [0.1, 0.15) is 18.1 Å². The number of amides is 1. The molecule has 0 aliphatic heterocycles. The molecule has 1 heterocycles. The van der Waals surface area contributed by atoms with Crippen LogP contribution in [-0.4, -0.2) is 31.0 Å². The summed E-state index contributed by atoms with van der Waals surface area (Å²) < 4.78 is 18.6. The van der Waals surface area contributed by atoms with Crippen LogP contribution in [0.2, 0.25) is 0 Å². The normalized spacial score (nSPS) is 10.5. The molecule has 5 nitrogen and oxygen atoms in total. The lowest BCUT2D eigenvalue weighted by atomic mass is 10.2. The van der Waals surface area contributed by atoms with Gasteiger partial charge in [0.2, 0.25) is 5.91 Å². The second-order valence-electron chi connectivity index (χ2n) is 5.10. The predicted octanol–water partition coefficient (Wildman–Crippen LogP) is 3.23. The van der Waals surface area contributed by atoms with Crippen LogP contribution in [0.15, 0.2) is 29.6 Å². The van der Waals surface area contributed by atoms with Gasteiger partial charge in [-0.2, -0.15) is 5.26 Å². The number of rotatable bonds is 7. The molecule has 1 aromatic carbocycles. The molecule has 0 saturated carbocycles. The van der Waals surface area contributed by atoms with Gasteiger partial charge in [0.15, 0.2) is 11.6 Å². The van der Waals surface area contributed by atoms with Crippen molar-refractivity contribution in [1.82, 2.24) is 4.90 Å². The molecule has 0 spiro atoms. The zero-order chi connectivity index (χ0) is 17.5. The molecule has 126 valence electrons. The topological polar surface area (TPSA) is 65.4 Å². The SMILES string of the molecule is CCN(CC(=O)Nc1sccc1C#N)Cc1ccc(OC)c(F)c1. The number of nitrogens with one attached hydrogen (secondary N) is 1. The quantitative estimate of drug-likeness (QED) is 0.835. The second-order valence-corrected chi connectivity index (χ2v) is 6.01. The summed E-state index contributed by atoms with van der Waals surface area (Å²) >= 11 is 1.31. The Morgan fingerprint density at radius 2 is 2.25 bits per heavy atom. The average molecular weight is 347 g/mol. The Bertz CT molecular complexity index is 755. The van der Waals surface area contributed by atoms with E-state index in [1.54, 1.807) is 23.6 Å². The van der Waals surface area contributed by atoms with Crippen molar-refractivity contribution in [3.05, 3.63) is 46.6 Å². The number of carbonyl (C=O) groups excluding carboxylic acids is 1. The number of thiophene rings is 1. The molecule has 0 bridgehead atoms. The van der Waals surface area contributed by atoms with Gasteiger partial charge in [-0.3, -0.25) is 9.69 Å². The predicted molar refractivity (Wildman–Crippen MR) is 91.6 cm³/mol. The molecule has 24 heavy (non-hydrogen) atoms. The van der Waals surface area contributed by atoms with Crippen LogP contribution in [0, 0.1) is 17.1 Å². The lowest BCUT2D eigenvalue weighted by Crippen LogP contribution is -2.32. The number of carbonyl (C=O) groups is 1. The monoisotopic (exact) mass is 347 g/mol. The van der Waals surface area contributed by atoms with Gasteiger partial charge in [-0.15, -0.1) is 11.3 Å². The number of hydrogen-bond donors (Lipinski definition) is 1. The fourth-order valence-electron chi connectivity index (χ4n) is 2.21. The Kier molecular flexibility index (Phi) is 6.29. The molecule has 0 unspecified atom stereocenters. The molecular formula is C17H18FN3O2S. The standard InChI is InChI=1S/C17H18FN3O2S/c1-3-21(10-12-4-5-15(23-2)14(18)8-12)11-16(22)20-17-13(9-19)6-7-24-17/h4-8H,3,10-11H2,1-2H3,(H,20,22). The minimum atomic E-state index is -0.423. The first-order chi connectivity index (χ1) is 11.6. The molecule has 1 N–H and O–H groups in total. The third-order valence-corrected chi connectivity index (χ3v) is 4.31. The van der Waals surface area contributed by atoms with E-state index in [2.05, 4.69) is 5.32 Å². The number of likely N-dealkylation sites (N-methyl/N-ethyl adjacent to an activating group) is 1. The van der Waals surface area contributed by atoms with Crippen LogP contribution in [0.3, 0.4) is 0 Å². The minimum absolute atomic E-state index is 0.160. The summed E-state index contributed by atoms with van der Waals surface area (Å²) in [7, 11) is 1.42. The van der Waals surface area contributed by atoms with E-state index in [-0.39, 0.29) is 18.2 Å².